The van der Waals surface area contributed by atoms with E-state index in [1.165, 1.54) is 0 Å². The van der Waals surface area contributed by atoms with E-state index in [-0.39, 0.29) is 20.9 Å². The maximum Gasteiger partial charge on any atom is 0.356 e. The van der Waals surface area contributed by atoms with E-state index in [0.29, 0.717) is 5.71 Å². The van der Waals surface area contributed by atoms with Crippen LogP contribution in [0.2, 0.25) is 15.2 Å². The van der Waals surface area contributed by atoms with Crippen molar-refractivity contribution in [3.05, 3.63) is 51.0 Å². The summed E-state index contributed by atoms with van der Waals surface area (Å²) in [5.41, 5.74) is 3.67. The first kappa shape index (κ1) is 16.5. The highest BCUT2D eigenvalue weighted by Crippen LogP contribution is 2.36. The molecular formula is C13H9Cl3N4O2. The van der Waals surface area contributed by atoms with Crippen molar-refractivity contribution in [2.45, 2.75) is 6.92 Å². The average molecular weight is 360 g/mol. The van der Waals surface area contributed by atoms with Crippen LogP contribution in [0.25, 0.3) is 0 Å². The number of aromatic nitrogens is 2. The summed E-state index contributed by atoms with van der Waals surface area (Å²) in [6, 6.07) is 3.58. The Kier molecular flexibility index (Phi) is 5.18. The van der Waals surface area contributed by atoms with Gasteiger partial charge in [-0.15, -0.1) is 0 Å². The molecule has 0 saturated carbocycles. The standard InChI is InChI=1S/C13H9Cl3N4O2/c1-6(7-3-2-4-17-5-7)19-20-10-8(14)11(13(21)22)18-12(16)9(10)15/h2-5H,1H3,(H,18,20)(H,21,22)/b19-6+. The predicted molar refractivity (Wildman–Crippen MR) is 86.3 cm³/mol. The zero-order valence-corrected chi connectivity index (χ0v) is 13.4. The Morgan fingerprint density at radius 3 is 2.64 bits per heavy atom. The van der Waals surface area contributed by atoms with Crippen molar-refractivity contribution in [2.75, 3.05) is 5.43 Å². The summed E-state index contributed by atoms with van der Waals surface area (Å²) in [4.78, 5) is 18.7. The van der Waals surface area contributed by atoms with Gasteiger partial charge in [0.05, 0.1) is 11.4 Å². The van der Waals surface area contributed by atoms with E-state index in [0.717, 1.165) is 5.56 Å². The number of hydrogen-bond acceptors (Lipinski definition) is 5. The molecule has 0 fully saturated rings. The number of halogens is 3. The van der Waals surface area contributed by atoms with Crippen LogP contribution < -0.4 is 5.43 Å². The van der Waals surface area contributed by atoms with Gasteiger partial charge in [0, 0.05) is 18.0 Å². The summed E-state index contributed by atoms with van der Waals surface area (Å²) >= 11 is 17.8. The second kappa shape index (κ2) is 6.91. The van der Waals surface area contributed by atoms with Gasteiger partial charge in [-0.25, -0.2) is 9.78 Å². The Morgan fingerprint density at radius 2 is 2.05 bits per heavy atom. The number of hydrogen-bond donors (Lipinski definition) is 2. The molecule has 0 bridgehead atoms. The minimum atomic E-state index is -1.32. The number of carbonyl (C=O) groups is 1. The molecule has 0 unspecified atom stereocenters. The van der Waals surface area contributed by atoms with Gasteiger partial charge in [-0.2, -0.15) is 5.10 Å². The lowest BCUT2D eigenvalue weighted by Crippen LogP contribution is -2.06. The van der Waals surface area contributed by atoms with E-state index in [2.05, 4.69) is 20.5 Å². The molecule has 2 aromatic heterocycles. The molecule has 0 aliphatic carbocycles. The first-order valence-corrected chi connectivity index (χ1v) is 7.03. The van der Waals surface area contributed by atoms with E-state index in [1.54, 1.807) is 25.4 Å². The molecule has 2 N–H and O–H groups in total. The number of carboxylic acids is 1. The molecule has 0 atom stereocenters. The first-order valence-electron chi connectivity index (χ1n) is 5.90. The Hall–Kier alpha value is -1.89. The summed E-state index contributed by atoms with van der Waals surface area (Å²) in [7, 11) is 0. The quantitative estimate of drug-likeness (QED) is 0.490. The van der Waals surface area contributed by atoms with Crippen LogP contribution in [0.3, 0.4) is 0 Å². The van der Waals surface area contributed by atoms with Crippen molar-refractivity contribution in [1.82, 2.24) is 9.97 Å². The summed E-state index contributed by atoms with van der Waals surface area (Å²) in [6.45, 7) is 1.74. The average Bonchev–Trinajstić information content (AvgIpc) is 2.51. The molecule has 2 aromatic rings. The molecule has 0 spiro atoms. The number of nitrogens with zero attached hydrogens (tertiary/aromatic N) is 3. The Labute approximate surface area is 140 Å². The van der Waals surface area contributed by atoms with Gasteiger partial charge in [-0.05, 0) is 13.0 Å². The van der Waals surface area contributed by atoms with Crippen LogP contribution in [0.1, 0.15) is 23.0 Å². The third kappa shape index (κ3) is 3.47. The van der Waals surface area contributed by atoms with Gasteiger partial charge in [-0.1, -0.05) is 40.9 Å². The molecule has 0 radical (unpaired) electrons. The molecule has 22 heavy (non-hydrogen) atoms. The Balaban J connectivity index is 2.40. The molecule has 0 saturated heterocycles. The Bertz CT molecular complexity index is 751. The molecule has 0 aromatic carbocycles. The van der Waals surface area contributed by atoms with Crippen molar-refractivity contribution in [1.29, 1.82) is 0 Å². The highest BCUT2D eigenvalue weighted by molar-refractivity contribution is 6.46. The van der Waals surface area contributed by atoms with Gasteiger partial charge in [0.1, 0.15) is 10.0 Å². The zero-order chi connectivity index (χ0) is 16.3. The summed E-state index contributed by atoms with van der Waals surface area (Å²) < 4.78 is 0. The summed E-state index contributed by atoms with van der Waals surface area (Å²) in [6.07, 6.45) is 3.27. The van der Waals surface area contributed by atoms with Gasteiger partial charge in [0.15, 0.2) is 10.8 Å². The molecule has 2 heterocycles. The number of hydrazone groups is 1. The first-order chi connectivity index (χ1) is 10.4. The van der Waals surface area contributed by atoms with Gasteiger partial charge >= 0.3 is 5.97 Å². The fourth-order valence-electron chi connectivity index (χ4n) is 1.54. The second-order valence-corrected chi connectivity index (χ2v) is 5.22. The monoisotopic (exact) mass is 358 g/mol. The summed E-state index contributed by atoms with van der Waals surface area (Å²) in [5.74, 6) is -1.32. The number of aromatic carboxylic acids is 1. The lowest BCUT2D eigenvalue weighted by atomic mass is 10.2. The number of anilines is 1. The van der Waals surface area contributed by atoms with Crippen LogP contribution in [0, 0.1) is 0 Å². The van der Waals surface area contributed by atoms with E-state index < -0.39 is 11.7 Å². The van der Waals surface area contributed by atoms with Gasteiger partial charge < -0.3 is 5.11 Å². The maximum absolute atomic E-state index is 11.1. The molecule has 2 rings (SSSR count). The number of pyridine rings is 2. The second-order valence-electron chi connectivity index (χ2n) is 4.11. The minimum absolute atomic E-state index is 0.0144. The number of nitrogens with one attached hydrogen (secondary N) is 1. The molecular weight excluding hydrogens is 351 g/mol. The molecule has 9 heteroatoms. The van der Waals surface area contributed by atoms with Crippen LogP contribution in [0.4, 0.5) is 5.69 Å². The third-order valence-electron chi connectivity index (χ3n) is 2.66. The van der Waals surface area contributed by atoms with Crippen molar-refractivity contribution < 1.29 is 9.90 Å². The van der Waals surface area contributed by atoms with Crippen LogP contribution in [-0.4, -0.2) is 26.8 Å². The molecule has 0 aliphatic rings. The van der Waals surface area contributed by atoms with Crippen molar-refractivity contribution in [2.24, 2.45) is 5.10 Å². The van der Waals surface area contributed by atoms with Crippen molar-refractivity contribution in [3.8, 4) is 0 Å². The predicted octanol–water partition coefficient (Wildman–Crippen LogP) is 3.97. The van der Waals surface area contributed by atoms with E-state index in [4.69, 9.17) is 39.9 Å². The summed E-state index contributed by atoms with van der Waals surface area (Å²) in [5, 5.41) is 12.8. The molecule has 6 nitrogen and oxygen atoms in total. The fourth-order valence-corrected chi connectivity index (χ4v) is 2.20. The normalized spacial score (nSPS) is 11.4. The van der Waals surface area contributed by atoms with Gasteiger partial charge in [-0.3, -0.25) is 10.4 Å². The van der Waals surface area contributed by atoms with E-state index in [1.807, 2.05) is 6.07 Å². The van der Waals surface area contributed by atoms with Gasteiger partial charge in [0.25, 0.3) is 0 Å². The van der Waals surface area contributed by atoms with Crippen LogP contribution >= 0.6 is 34.8 Å². The zero-order valence-electron chi connectivity index (χ0n) is 11.1. The van der Waals surface area contributed by atoms with Crippen LogP contribution in [0.15, 0.2) is 29.6 Å². The van der Waals surface area contributed by atoms with E-state index >= 15 is 0 Å². The lowest BCUT2D eigenvalue weighted by molar-refractivity contribution is 0.0691. The smallest absolute Gasteiger partial charge is 0.356 e. The minimum Gasteiger partial charge on any atom is -0.476 e. The fraction of sp³-hybridized carbons (Fsp3) is 0.0769. The number of carboxylic acid groups (broad SMARTS) is 1. The van der Waals surface area contributed by atoms with E-state index in [9.17, 15) is 4.79 Å². The highest BCUT2D eigenvalue weighted by Gasteiger charge is 2.20. The molecule has 114 valence electrons. The largest absolute Gasteiger partial charge is 0.476 e. The van der Waals surface area contributed by atoms with Crippen LogP contribution in [0.5, 0.6) is 0 Å². The maximum atomic E-state index is 11.1. The molecule has 0 amide bonds. The third-order valence-corrected chi connectivity index (χ3v) is 3.76. The topological polar surface area (TPSA) is 87.5 Å². The lowest BCUT2D eigenvalue weighted by Gasteiger charge is -2.10. The number of rotatable bonds is 4. The highest BCUT2D eigenvalue weighted by atomic mass is 35.5. The molecule has 0 aliphatic heterocycles. The van der Waals surface area contributed by atoms with Gasteiger partial charge in [0.2, 0.25) is 0 Å². The SMILES string of the molecule is C/C(=N\Nc1c(Cl)c(Cl)nc(C(=O)O)c1Cl)c1cccnc1. The van der Waals surface area contributed by atoms with Crippen LogP contribution in [-0.2, 0) is 0 Å². The Morgan fingerprint density at radius 1 is 1.32 bits per heavy atom. The van der Waals surface area contributed by atoms with Crippen molar-refractivity contribution in [3.63, 3.8) is 0 Å². The van der Waals surface area contributed by atoms with Crippen molar-refractivity contribution >= 4 is 52.2 Å².